The van der Waals surface area contributed by atoms with E-state index in [1.54, 1.807) is 12.4 Å². The zero-order chi connectivity index (χ0) is 7.40. The highest BCUT2D eigenvalue weighted by Crippen LogP contribution is 2.07. The molecule has 1 heterocycles. The molecule has 0 amide bonds. The number of ether oxygens (including phenoxy) is 1. The van der Waals surface area contributed by atoms with Crippen LogP contribution in [0.15, 0.2) is 16.9 Å². The van der Waals surface area contributed by atoms with Gasteiger partial charge in [0.15, 0.2) is 6.07 Å². The molecule has 0 N–H and O–H groups in total. The number of rotatable bonds is 2. The van der Waals surface area contributed by atoms with Crippen molar-refractivity contribution in [3.63, 3.8) is 0 Å². The molecule has 0 radical (unpaired) electrons. The molecule has 1 aromatic heterocycles. The van der Waals surface area contributed by atoms with Gasteiger partial charge in [0, 0.05) is 12.4 Å². The van der Waals surface area contributed by atoms with Crippen LogP contribution in [-0.4, -0.2) is 16.0 Å². The molecule has 10 heavy (non-hydrogen) atoms. The number of hydrogen-bond acceptors (Lipinski definition) is 3. The SMILES string of the molecule is ClCOc1ncc(Br)cn1. The number of nitrogens with zero attached hydrogens (tertiary/aromatic N) is 2. The maximum absolute atomic E-state index is 5.26. The summed E-state index contributed by atoms with van der Waals surface area (Å²) in [6.45, 7) is 0. The monoisotopic (exact) mass is 222 g/mol. The predicted octanol–water partition coefficient (Wildman–Crippen LogP) is 1.81. The Labute approximate surface area is 71.5 Å². The van der Waals surface area contributed by atoms with E-state index in [4.69, 9.17) is 16.3 Å². The van der Waals surface area contributed by atoms with Crippen LogP contribution in [0.3, 0.4) is 0 Å². The molecule has 0 spiro atoms. The average Bonchev–Trinajstić information content (AvgIpc) is 1.95. The Morgan fingerprint density at radius 1 is 1.50 bits per heavy atom. The van der Waals surface area contributed by atoms with Crippen LogP contribution >= 0.6 is 27.5 Å². The number of halogens is 2. The second-order valence-corrected chi connectivity index (χ2v) is 2.57. The van der Waals surface area contributed by atoms with Crippen molar-refractivity contribution in [2.24, 2.45) is 0 Å². The van der Waals surface area contributed by atoms with Crippen molar-refractivity contribution >= 4 is 27.5 Å². The first-order valence-electron chi connectivity index (χ1n) is 2.49. The summed E-state index contributed by atoms with van der Waals surface area (Å²) < 4.78 is 5.60. The molecule has 0 aromatic carbocycles. The molecule has 0 saturated carbocycles. The van der Waals surface area contributed by atoms with E-state index < -0.39 is 0 Å². The highest BCUT2D eigenvalue weighted by molar-refractivity contribution is 9.10. The maximum Gasteiger partial charge on any atom is 0.317 e. The van der Waals surface area contributed by atoms with E-state index in [-0.39, 0.29) is 6.07 Å². The number of alkyl halides is 1. The van der Waals surface area contributed by atoms with Gasteiger partial charge < -0.3 is 4.74 Å². The van der Waals surface area contributed by atoms with Crippen LogP contribution < -0.4 is 4.74 Å². The lowest BCUT2D eigenvalue weighted by molar-refractivity contribution is 0.355. The second-order valence-electron chi connectivity index (χ2n) is 1.44. The lowest BCUT2D eigenvalue weighted by Crippen LogP contribution is -1.94. The fourth-order valence-corrected chi connectivity index (χ4v) is 0.726. The molecule has 0 fully saturated rings. The fourth-order valence-electron chi connectivity index (χ4n) is 0.424. The Hall–Kier alpha value is -0.350. The van der Waals surface area contributed by atoms with Gasteiger partial charge in [-0.2, -0.15) is 0 Å². The smallest absolute Gasteiger partial charge is 0.317 e. The van der Waals surface area contributed by atoms with Gasteiger partial charge >= 0.3 is 6.01 Å². The molecule has 1 rings (SSSR count). The number of hydrogen-bond donors (Lipinski definition) is 0. The maximum atomic E-state index is 5.26. The molecular formula is C5H4BrClN2O. The van der Waals surface area contributed by atoms with E-state index >= 15 is 0 Å². The van der Waals surface area contributed by atoms with Crippen LogP contribution in [0.1, 0.15) is 0 Å². The summed E-state index contributed by atoms with van der Waals surface area (Å²) in [5, 5.41) is 0. The van der Waals surface area contributed by atoms with Crippen molar-refractivity contribution in [1.82, 2.24) is 9.97 Å². The van der Waals surface area contributed by atoms with Crippen molar-refractivity contribution in [2.75, 3.05) is 6.07 Å². The van der Waals surface area contributed by atoms with E-state index in [1.165, 1.54) is 0 Å². The van der Waals surface area contributed by atoms with Crippen LogP contribution in [0.25, 0.3) is 0 Å². The lowest BCUT2D eigenvalue weighted by Gasteiger charge is -1.96. The van der Waals surface area contributed by atoms with Gasteiger partial charge in [0.2, 0.25) is 0 Å². The van der Waals surface area contributed by atoms with Gasteiger partial charge in [-0.15, -0.1) is 0 Å². The first-order chi connectivity index (χ1) is 4.83. The van der Waals surface area contributed by atoms with E-state index in [2.05, 4.69) is 25.9 Å². The van der Waals surface area contributed by atoms with E-state index in [0.717, 1.165) is 4.47 Å². The highest BCUT2D eigenvalue weighted by Gasteiger charge is 1.93. The summed E-state index contributed by atoms with van der Waals surface area (Å²) in [6.07, 6.45) is 3.18. The van der Waals surface area contributed by atoms with Crippen LogP contribution in [0.2, 0.25) is 0 Å². The van der Waals surface area contributed by atoms with Gasteiger partial charge in [-0.1, -0.05) is 11.6 Å². The molecule has 3 nitrogen and oxygen atoms in total. The summed E-state index contributed by atoms with van der Waals surface area (Å²) in [5.41, 5.74) is 0. The Morgan fingerprint density at radius 3 is 2.60 bits per heavy atom. The lowest BCUT2D eigenvalue weighted by atomic mass is 10.7. The fraction of sp³-hybridized carbons (Fsp3) is 0.200. The van der Waals surface area contributed by atoms with E-state index in [9.17, 15) is 0 Å². The van der Waals surface area contributed by atoms with Gasteiger partial charge in [-0.05, 0) is 15.9 Å². The standard InChI is InChI=1S/C5H4BrClN2O/c6-4-1-8-5(9-2-4)10-3-7/h1-2H,3H2. The Morgan fingerprint density at radius 2 is 2.10 bits per heavy atom. The molecular weight excluding hydrogens is 219 g/mol. The van der Waals surface area contributed by atoms with Crippen LogP contribution in [0, 0.1) is 0 Å². The van der Waals surface area contributed by atoms with Crippen molar-refractivity contribution in [2.45, 2.75) is 0 Å². The first-order valence-corrected chi connectivity index (χ1v) is 3.82. The van der Waals surface area contributed by atoms with Crippen molar-refractivity contribution in [3.05, 3.63) is 16.9 Å². The molecule has 0 unspecified atom stereocenters. The van der Waals surface area contributed by atoms with Gasteiger partial charge in [0.25, 0.3) is 0 Å². The van der Waals surface area contributed by atoms with E-state index in [1.807, 2.05) is 0 Å². The molecule has 0 atom stereocenters. The van der Waals surface area contributed by atoms with Gasteiger partial charge in [0.05, 0.1) is 4.47 Å². The average molecular weight is 223 g/mol. The third kappa shape index (κ3) is 2.11. The molecule has 0 bridgehead atoms. The van der Waals surface area contributed by atoms with E-state index in [0.29, 0.717) is 6.01 Å². The summed E-state index contributed by atoms with van der Waals surface area (Å²) in [5.74, 6) is 0. The number of aromatic nitrogens is 2. The topological polar surface area (TPSA) is 35.0 Å². The normalized spacial score (nSPS) is 9.40. The summed E-state index contributed by atoms with van der Waals surface area (Å²) in [6, 6.07) is 0.361. The molecule has 0 aliphatic carbocycles. The molecule has 54 valence electrons. The molecule has 5 heteroatoms. The van der Waals surface area contributed by atoms with Gasteiger partial charge in [-0.3, -0.25) is 0 Å². The van der Waals surface area contributed by atoms with Crippen LogP contribution in [-0.2, 0) is 0 Å². The minimum absolute atomic E-state index is 0.0711. The van der Waals surface area contributed by atoms with Gasteiger partial charge in [-0.25, -0.2) is 9.97 Å². The van der Waals surface area contributed by atoms with Crippen LogP contribution in [0.5, 0.6) is 6.01 Å². The summed E-state index contributed by atoms with van der Waals surface area (Å²) in [4.78, 5) is 7.61. The Kier molecular flexibility index (Phi) is 2.89. The van der Waals surface area contributed by atoms with Crippen molar-refractivity contribution < 1.29 is 4.74 Å². The quantitative estimate of drug-likeness (QED) is 0.717. The minimum atomic E-state index is 0.0711. The van der Waals surface area contributed by atoms with Crippen molar-refractivity contribution in [3.8, 4) is 6.01 Å². The predicted molar refractivity (Wildman–Crippen MR) is 41.1 cm³/mol. The zero-order valence-electron chi connectivity index (χ0n) is 4.92. The molecule has 1 aromatic rings. The highest BCUT2D eigenvalue weighted by atomic mass is 79.9. The Balaban J connectivity index is 2.69. The molecule has 0 aliphatic heterocycles. The van der Waals surface area contributed by atoms with Crippen molar-refractivity contribution in [1.29, 1.82) is 0 Å². The first kappa shape index (κ1) is 7.75. The van der Waals surface area contributed by atoms with Gasteiger partial charge in [0.1, 0.15) is 0 Å². The summed E-state index contributed by atoms with van der Waals surface area (Å²) >= 11 is 8.44. The largest absolute Gasteiger partial charge is 0.447 e. The van der Waals surface area contributed by atoms with Crippen LogP contribution in [0.4, 0.5) is 0 Å². The molecule has 0 aliphatic rings. The minimum Gasteiger partial charge on any atom is -0.447 e. The Bertz CT molecular complexity index is 203. The zero-order valence-corrected chi connectivity index (χ0v) is 7.26. The molecule has 0 saturated heterocycles. The summed E-state index contributed by atoms with van der Waals surface area (Å²) in [7, 11) is 0. The second kappa shape index (κ2) is 3.73. The third-order valence-electron chi connectivity index (χ3n) is 0.780. The third-order valence-corrected chi connectivity index (χ3v) is 1.30.